The van der Waals surface area contributed by atoms with E-state index in [-0.39, 0.29) is 17.8 Å². The maximum absolute atomic E-state index is 13.3. The minimum atomic E-state index is -4.83. The normalized spacial score (nSPS) is 17.0. The average molecular weight is 564 g/mol. The van der Waals surface area contributed by atoms with Crippen molar-refractivity contribution in [3.05, 3.63) is 58.1 Å². The summed E-state index contributed by atoms with van der Waals surface area (Å²) in [6.45, 7) is 6.10. The van der Waals surface area contributed by atoms with Crippen molar-refractivity contribution in [2.45, 2.75) is 44.8 Å². The molecule has 218 valence electrons. The molecule has 2 aliphatic heterocycles. The number of urea groups is 1. The highest BCUT2D eigenvalue weighted by Crippen LogP contribution is 2.38. The zero-order valence-electron chi connectivity index (χ0n) is 22.8. The van der Waals surface area contributed by atoms with Gasteiger partial charge in [-0.25, -0.2) is 4.79 Å². The van der Waals surface area contributed by atoms with Crippen LogP contribution in [-0.2, 0) is 6.18 Å². The number of piperidine rings is 2. The monoisotopic (exact) mass is 563 g/mol. The van der Waals surface area contributed by atoms with Crippen molar-refractivity contribution in [3.8, 4) is 5.75 Å². The number of alkyl halides is 3. The van der Waals surface area contributed by atoms with Crippen LogP contribution in [0.15, 0.2) is 42.5 Å². The molecule has 0 radical (unpaired) electrons. The molecule has 0 bridgehead atoms. The van der Waals surface area contributed by atoms with Crippen LogP contribution in [0.5, 0.6) is 5.75 Å². The lowest BCUT2D eigenvalue weighted by atomic mass is 9.96. The number of nitro groups is 1. The molecule has 0 aromatic heterocycles. The molecule has 2 aromatic carbocycles. The fourth-order valence-electron chi connectivity index (χ4n) is 5.46. The molecule has 0 saturated carbocycles. The number of nitrogens with zero attached hydrogens (tertiary/aromatic N) is 4. The van der Waals surface area contributed by atoms with Gasteiger partial charge in [-0.3, -0.25) is 10.1 Å². The van der Waals surface area contributed by atoms with Crippen molar-refractivity contribution in [3.63, 3.8) is 0 Å². The molecule has 2 fully saturated rings. The summed E-state index contributed by atoms with van der Waals surface area (Å²) < 4.78 is 45.4. The van der Waals surface area contributed by atoms with Crippen LogP contribution in [0.4, 0.5) is 35.0 Å². The Labute approximate surface area is 232 Å². The van der Waals surface area contributed by atoms with Gasteiger partial charge in [-0.05, 0) is 74.9 Å². The first-order valence-corrected chi connectivity index (χ1v) is 13.6. The van der Waals surface area contributed by atoms with E-state index in [2.05, 4.69) is 22.3 Å². The lowest BCUT2D eigenvalue weighted by Gasteiger charge is -2.38. The van der Waals surface area contributed by atoms with E-state index in [1.54, 1.807) is 9.80 Å². The number of nitro benzene ring substituents is 1. The van der Waals surface area contributed by atoms with Crippen LogP contribution >= 0.6 is 0 Å². The first-order chi connectivity index (χ1) is 19.0. The number of likely N-dealkylation sites (tertiary alicyclic amines) is 1. The number of anilines is 2. The number of amides is 2. The minimum Gasteiger partial charge on any atom is -0.494 e. The van der Waals surface area contributed by atoms with Gasteiger partial charge in [0.2, 0.25) is 0 Å². The van der Waals surface area contributed by atoms with Crippen molar-refractivity contribution in [1.82, 2.24) is 9.80 Å². The summed E-state index contributed by atoms with van der Waals surface area (Å²) in [7, 11) is 1.82. The highest BCUT2D eigenvalue weighted by Gasteiger charge is 2.38. The summed E-state index contributed by atoms with van der Waals surface area (Å²) in [5.41, 5.74) is -0.895. The summed E-state index contributed by atoms with van der Waals surface area (Å²) in [6.07, 6.45) is -1.71. The number of rotatable bonds is 8. The minimum absolute atomic E-state index is 0.0397. The molecular weight excluding hydrogens is 527 g/mol. The van der Waals surface area contributed by atoms with Crippen LogP contribution in [0.25, 0.3) is 0 Å². The van der Waals surface area contributed by atoms with Gasteiger partial charge < -0.3 is 24.8 Å². The van der Waals surface area contributed by atoms with Crippen molar-refractivity contribution in [1.29, 1.82) is 0 Å². The van der Waals surface area contributed by atoms with Gasteiger partial charge in [-0.15, -0.1) is 0 Å². The Morgan fingerprint density at radius 2 is 1.73 bits per heavy atom. The third kappa shape index (κ3) is 7.28. The van der Waals surface area contributed by atoms with E-state index < -0.39 is 22.4 Å². The summed E-state index contributed by atoms with van der Waals surface area (Å²) in [5, 5.41) is 14.0. The second-order valence-electron chi connectivity index (χ2n) is 10.4. The Bertz CT molecular complexity index is 1160. The SMILES string of the molecule is CCOc1ccc(N2CCC(CN(C)C(=O)N3CCC(Nc4ccc([N+](=O)[O-])c(C(F)(F)F)c4)CC3)CC2)cc1. The zero-order valence-corrected chi connectivity index (χ0v) is 22.8. The lowest BCUT2D eigenvalue weighted by molar-refractivity contribution is -0.388. The van der Waals surface area contributed by atoms with E-state index in [0.29, 0.717) is 45.0 Å². The molecule has 0 aliphatic carbocycles. The van der Waals surface area contributed by atoms with Crippen LogP contribution < -0.4 is 15.0 Å². The Morgan fingerprint density at radius 3 is 2.30 bits per heavy atom. The quantitative estimate of drug-likeness (QED) is 0.320. The van der Waals surface area contributed by atoms with E-state index >= 15 is 0 Å². The molecule has 4 rings (SSSR count). The fraction of sp³-hybridized carbons (Fsp3) is 0.536. The molecule has 0 atom stereocenters. The van der Waals surface area contributed by atoms with E-state index in [1.165, 1.54) is 11.8 Å². The topological polar surface area (TPSA) is 91.2 Å². The number of carbonyl (C=O) groups is 1. The van der Waals surface area contributed by atoms with Gasteiger partial charge in [-0.1, -0.05) is 0 Å². The number of hydrogen-bond acceptors (Lipinski definition) is 6. The van der Waals surface area contributed by atoms with E-state index in [9.17, 15) is 28.1 Å². The maximum Gasteiger partial charge on any atom is 0.423 e. The summed E-state index contributed by atoms with van der Waals surface area (Å²) in [4.78, 5) is 29.0. The number of ether oxygens (including phenoxy) is 1. The predicted octanol–water partition coefficient (Wildman–Crippen LogP) is 5.86. The highest BCUT2D eigenvalue weighted by atomic mass is 19.4. The number of nitrogens with one attached hydrogen (secondary N) is 1. The molecular formula is C28H36F3N5O4. The molecule has 40 heavy (non-hydrogen) atoms. The third-order valence-corrected chi connectivity index (χ3v) is 7.62. The van der Waals surface area contributed by atoms with Crippen LogP contribution in [0.3, 0.4) is 0 Å². The van der Waals surface area contributed by atoms with Crippen LogP contribution in [0.1, 0.15) is 38.2 Å². The Morgan fingerprint density at radius 1 is 1.07 bits per heavy atom. The van der Waals surface area contributed by atoms with E-state index in [0.717, 1.165) is 43.8 Å². The van der Waals surface area contributed by atoms with Crippen LogP contribution in [-0.4, -0.2) is 73.2 Å². The first-order valence-electron chi connectivity index (χ1n) is 13.6. The smallest absolute Gasteiger partial charge is 0.423 e. The number of hydrogen-bond donors (Lipinski definition) is 1. The highest BCUT2D eigenvalue weighted by molar-refractivity contribution is 5.74. The van der Waals surface area contributed by atoms with Crippen molar-refractivity contribution in [2.24, 2.45) is 5.92 Å². The maximum atomic E-state index is 13.3. The molecule has 0 spiro atoms. The Kier molecular flexibility index (Phi) is 9.26. The lowest BCUT2D eigenvalue weighted by Crippen LogP contribution is -2.49. The molecule has 9 nitrogen and oxygen atoms in total. The Balaban J connectivity index is 1.22. The van der Waals surface area contributed by atoms with Gasteiger partial charge in [0.25, 0.3) is 5.69 Å². The van der Waals surface area contributed by atoms with Crippen LogP contribution in [0, 0.1) is 16.0 Å². The molecule has 2 saturated heterocycles. The van der Waals surface area contributed by atoms with Crippen molar-refractivity contribution in [2.75, 3.05) is 56.6 Å². The van der Waals surface area contributed by atoms with Gasteiger partial charge in [0.1, 0.15) is 11.3 Å². The van der Waals surface area contributed by atoms with Crippen LogP contribution in [0.2, 0.25) is 0 Å². The molecule has 2 aliphatic rings. The molecule has 2 aromatic rings. The second kappa shape index (κ2) is 12.6. The summed E-state index contributed by atoms with van der Waals surface area (Å²) in [6, 6.07) is 10.9. The molecule has 0 unspecified atom stereocenters. The zero-order chi connectivity index (χ0) is 28.9. The average Bonchev–Trinajstić information content (AvgIpc) is 2.93. The van der Waals surface area contributed by atoms with Gasteiger partial charge in [0.05, 0.1) is 11.5 Å². The van der Waals surface area contributed by atoms with Crippen molar-refractivity contribution >= 4 is 23.1 Å². The summed E-state index contributed by atoms with van der Waals surface area (Å²) >= 11 is 0. The van der Waals surface area contributed by atoms with Crippen molar-refractivity contribution < 1.29 is 27.6 Å². The van der Waals surface area contributed by atoms with Gasteiger partial charge in [0, 0.05) is 63.3 Å². The standard InChI is InChI=1S/C28H36F3N5O4/c1-3-40-24-7-5-23(6-8-24)34-14-10-20(11-15-34)19-33(2)27(37)35-16-12-21(13-17-35)32-22-4-9-26(36(38)39)25(18-22)28(29,30)31/h4-9,18,20-21,32H,3,10-17,19H2,1-2H3. The first kappa shape index (κ1) is 29.3. The van der Waals surface area contributed by atoms with Gasteiger partial charge in [0.15, 0.2) is 0 Å². The van der Waals surface area contributed by atoms with Gasteiger partial charge >= 0.3 is 12.2 Å². The molecule has 2 amide bonds. The molecule has 2 heterocycles. The molecule has 12 heteroatoms. The Hall–Kier alpha value is -3.70. The van der Waals surface area contributed by atoms with E-state index in [4.69, 9.17) is 4.74 Å². The fourth-order valence-corrected chi connectivity index (χ4v) is 5.46. The van der Waals surface area contributed by atoms with E-state index in [1.807, 2.05) is 26.1 Å². The largest absolute Gasteiger partial charge is 0.494 e. The number of carbonyl (C=O) groups excluding carboxylic acids is 1. The van der Waals surface area contributed by atoms with Gasteiger partial charge in [-0.2, -0.15) is 13.2 Å². The summed E-state index contributed by atoms with van der Waals surface area (Å²) in [5.74, 6) is 1.28. The number of halogens is 3. The third-order valence-electron chi connectivity index (χ3n) is 7.62. The predicted molar refractivity (Wildman–Crippen MR) is 147 cm³/mol. The molecule has 1 N–H and O–H groups in total. The second-order valence-corrected chi connectivity index (χ2v) is 10.4. The number of benzene rings is 2.